The first-order valence-corrected chi connectivity index (χ1v) is 8.48. The second kappa shape index (κ2) is 7.72. The molecule has 0 spiro atoms. The van der Waals surface area contributed by atoms with Gasteiger partial charge in [-0.1, -0.05) is 16.8 Å². The van der Waals surface area contributed by atoms with Gasteiger partial charge >= 0.3 is 0 Å². The van der Waals surface area contributed by atoms with E-state index in [0.717, 1.165) is 18.6 Å². The quantitative estimate of drug-likeness (QED) is 0.719. The van der Waals surface area contributed by atoms with Gasteiger partial charge in [0.15, 0.2) is 0 Å². The van der Waals surface area contributed by atoms with Crippen LogP contribution >= 0.6 is 11.6 Å². The van der Waals surface area contributed by atoms with Crippen molar-refractivity contribution < 1.29 is 9.53 Å². The highest BCUT2D eigenvalue weighted by Crippen LogP contribution is 2.27. The number of ether oxygens (including phenoxy) is 1. The summed E-state index contributed by atoms with van der Waals surface area (Å²) in [6.07, 6.45) is 0. The Morgan fingerprint density at radius 3 is 2.77 bits per heavy atom. The lowest BCUT2D eigenvalue weighted by Gasteiger charge is -2.09. The molecule has 2 aromatic carbocycles. The third-order valence-corrected chi connectivity index (χ3v) is 4.24. The molecule has 0 radical (unpaired) electrons. The molecule has 3 rings (SSSR count). The number of anilines is 1. The van der Waals surface area contributed by atoms with Crippen molar-refractivity contribution in [3.63, 3.8) is 0 Å². The van der Waals surface area contributed by atoms with Crippen molar-refractivity contribution in [2.45, 2.75) is 6.54 Å². The Morgan fingerprint density at radius 2 is 2.08 bits per heavy atom. The molecule has 1 N–H and O–H groups in total. The maximum atomic E-state index is 12.5. The third-order valence-electron chi connectivity index (χ3n) is 3.94. The molecule has 1 heterocycles. The standard InChI is InChI=1S/C18H20ClN5O2/c1-23(2)8-9-24-16-6-4-12(10-15(16)21-22-24)18(25)20-13-5-7-17(26-3)14(19)11-13/h4-7,10-11H,8-9H2,1-3H3,(H,20,25). The Kier molecular flexibility index (Phi) is 5.39. The number of hydrogen-bond donors (Lipinski definition) is 1. The van der Waals surface area contributed by atoms with E-state index in [9.17, 15) is 4.79 Å². The molecule has 1 aromatic heterocycles. The van der Waals surface area contributed by atoms with E-state index in [4.69, 9.17) is 16.3 Å². The van der Waals surface area contributed by atoms with E-state index in [0.29, 0.717) is 27.5 Å². The molecule has 0 saturated carbocycles. The molecule has 0 saturated heterocycles. The van der Waals surface area contributed by atoms with Gasteiger partial charge in [-0.15, -0.1) is 5.10 Å². The maximum Gasteiger partial charge on any atom is 0.255 e. The normalized spacial score (nSPS) is 11.1. The number of rotatable bonds is 6. The lowest BCUT2D eigenvalue weighted by Crippen LogP contribution is -2.19. The Morgan fingerprint density at radius 1 is 1.27 bits per heavy atom. The highest BCUT2D eigenvalue weighted by molar-refractivity contribution is 6.32. The molecule has 7 nitrogen and oxygen atoms in total. The van der Waals surface area contributed by atoms with Crippen LogP contribution in [0.4, 0.5) is 5.69 Å². The maximum absolute atomic E-state index is 12.5. The van der Waals surface area contributed by atoms with Gasteiger partial charge in [-0.2, -0.15) is 0 Å². The summed E-state index contributed by atoms with van der Waals surface area (Å²) in [7, 11) is 5.56. The number of likely N-dealkylation sites (N-methyl/N-ethyl adjacent to an activating group) is 1. The first kappa shape index (κ1) is 18.2. The van der Waals surface area contributed by atoms with Gasteiger partial charge in [0.25, 0.3) is 5.91 Å². The van der Waals surface area contributed by atoms with Gasteiger partial charge in [-0.25, -0.2) is 4.68 Å². The minimum atomic E-state index is -0.240. The van der Waals surface area contributed by atoms with Crippen molar-refractivity contribution in [2.24, 2.45) is 0 Å². The number of methoxy groups -OCH3 is 1. The summed E-state index contributed by atoms with van der Waals surface area (Å²) >= 11 is 6.09. The highest BCUT2D eigenvalue weighted by Gasteiger charge is 2.12. The summed E-state index contributed by atoms with van der Waals surface area (Å²) < 4.78 is 6.94. The molecule has 26 heavy (non-hydrogen) atoms. The van der Waals surface area contributed by atoms with Gasteiger partial charge in [0.2, 0.25) is 0 Å². The van der Waals surface area contributed by atoms with Crippen LogP contribution in [0.3, 0.4) is 0 Å². The summed E-state index contributed by atoms with van der Waals surface area (Å²) in [4.78, 5) is 14.6. The number of aromatic nitrogens is 3. The average molecular weight is 374 g/mol. The number of amides is 1. The van der Waals surface area contributed by atoms with Crippen LogP contribution in [-0.4, -0.2) is 53.6 Å². The Bertz CT molecular complexity index is 938. The molecule has 1 amide bonds. The second-order valence-corrected chi connectivity index (χ2v) is 6.53. The Labute approximate surface area is 156 Å². The van der Waals surface area contributed by atoms with Gasteiger partial charge in [0, 0.05) is 17.8 Å². The molecule has 8 heteroatoms. The van der Waals surface area contributed by atoms with Crippen LogP contribution in [0.5, 0.6) is 5.75 Å². The number of carbonyl (C=O) groups excluding carboxylic acids is 1. The second-order valence-electron chi connectivity index (χ2n) is 6.12. The third kappa shape index (κ3) is 3.95. The number of nitrogens with one attached hydrogen (secondary N) is 1. The zero-order chi connectivity index (χ0) is 18.7. The molecule has 0 aliphatic rings. The molecule has 0 fully saturated rings. The molecule has 0 aliphatic heterocycles. The largest absolute Gasteiger partial charge is 0.495 e. The van der Waals surface area contributed by atoms with E-state index in [1.807, 2.05) is 24.8 Å². The first-order chi connectivity index (χ1) is 12.5. The molecule has 0 atom stereocenters. The van der Waals surface area contributed by atoms with Gasteiger partial charge in [-0.05, 0) is 50.5 Å². The van der Waals surface area contributed by atoms with E-state index in [-0.39, 0.29) is 5.91 Å². The van der Waals surface area contributed by atoms with Crippen molar-refractivity contribution in [1.29, 1.82) is 0 Å². The summed E-state index contributed by atoms with van der Waals surface area (Å²) in [5, 5.41) is 11.6. The van der Waals surface area contributed by atoms with E-state index in [2.05, 4.69) is 20.5 Å². The van der Waals surface area contributed by atoms with Crippen molar-refractivity contribution in [1.82, 2.24) is 19.9 Å². The van der Waals surface area contributed by atoms with Crippen LogP contribution in [-0.2, 0) is 6.54 Å². The van der Waals surface area contributed by atoms with Gasteiger partial charge in [0.05, 0.1) is 24.2 Å². The van der Waals surface area contributed by atoms with Crippen molar-refractivity contribution in [2.75, 3.05) is 33.1 Å². The van der Waals surface area contributed by atoms with Crippen LogP contribution in [0.2, 0.25) is 5.02 Å². The molecule has 0 unspecified atom stereocenters. The minimum absolute atomic E-state index is 0.240. The fraction of sp³-hybridized carbons (Fsp3) is 0.278. The Hall–Kier alpha value is -2.64. The van der Waals surface area contributed by atoms with Gasteiger partial charge < -0.3 is 15.0 Å². The van der Waals surface area contributed by atoms with E-state index in [1.165, 1.54) is 0 Å². The highest BCUT2D eigenvalue weighted by atomic mass is 35.5. The molecule has 3 aromatic rings. The molecular weight excluding hydrogens is 354 g/mol. The number of nitrogens with zero attached hydrogens (tertiary/aromatic N) is 4. The summed E-state index contributed by atoms with van der Waals surface area (Å²) in [6.45, 7) is 1.60. The van der Waals surface area contributed by atoms with Crippen LogP contribution in [0.1, 0.15) is 10.4 Å². The van der Waals surface area contributed by atoms with Gasteiger partial charge in [0.1, 0.15) is 11.3 Å². The zero-order valence-electron chi connectivity index (χ0n) is 14.9. The summed E-state index contributed by atoms with van der Waals surface area (Å²) in [6, 6.07) is 10.4. The lowest BCUT2D eigenvalue weighted by molar-refractivity contribution is 0.102. The number of carbonyl (C=O) groups is 1. The SMILES string of the molecule is COc1ccc(NC(=O)c2ccc3c(c2)nnn3CCN(C)C)cc1Cl. The van der Waals surface area contributed by atoms with Crippen LogP contribution in [0.15, 0.2) is 36.4 Å². The minimum Gasteiger partial charge on any atom is -0.495 e. The molecular formula is C18H20ClN5O2. The van der Waals surface area contributed by atoms with Crippen molar-refractivity contribution in [3.8, 4) is 5.75 Å². The van der Waals surface area contributed by atoms with Crippen LogP contribution < -0.4 is 10.1 Å². The van der Waals surface area contributed by atoms with E-state index in [1.54, 1.807) is 37.4 Å². The van der Waals surface area contributed by atoms with Crippen molar-refractivity contribution >= 4 is 34.2 Å². The van der Waals surface area contributed by atoms with E-state index >= 15 is 0 Å². The van der Waals surface area contributed by atoms with Crippen LogP contribution in [0.25, 0.3) is 11.0 Å². The fourth-order valence-electron chi connectivity index (χ4n) is 2.52. The fourth-order valence-corrected chi connectivity index (χ4v) is 2.78. The topological polar surface area (TPSA) is 72.3 Å². The first-order valence-electron chi connectivity index (χ1n) is 8.11. The molecule has 0 bridgehead atoms. The van der Waals surface area contributed by atoms with Crippen LogP contribution in [0, 0.1) is 0 Å². The lowest BCUT2D eigenvalue weighted by atomic mass is 10.1. The number of fused-ring (bicyclic) bond motifs is 1. The summed E-state index contributed by atoms with van der Waals surface area (Å²) in [5.74, 6) is 0.316. The van der Waals surface area contributed by atoms with Crippen molar-refractivity contribution in [3.05, 3.63) is 47.0 Å². The molecule has 136 valence electrons. The number of halogens is 1. The average Bonchev–Trinajstić information content (AvgIpc) is 3.02. The zero-order valence-corrected chi connectivity index (χ0v) is 15.6. The number of benzene rings is 2. The predicted octanol–water partition coefficient (Wildman–Crippen LogP) is 2.91. The predicted molar refractivity (Wildman–Crippen MR) is 102 cm³/mol. The van der Waals surface area contributed by atoms with E-state index < -0.39 is 0 Å². The monoisotopic (exact) mass is 373 g/mol. The Balaban J connectivity index is 1.77. The number of hydrogen-bond acceptors (Lipinski definition) is 5. The molecule has 0 aliphatic carbocycles. The summed E-state index contributed by atoms with van der Waals surface area (Å²) in [5.41, 5.74) is 2.68. The smallest absolute Gasteiger partial charge is 0.255 e. The van der Waals surface area contributed by atoms with Gasteiger partial charge in [-0.3, -0.25) is 4.79 Å².